The first-order chi connectivity index (χ1) is 5.81. The molecule has 1 aromatic carbocycles. The maximum absolute atomic E-state index is 8.66. The van der Waals surface area contributed by atoms with Crippen LogP contribution in [0.5, 0.6) is 0 Å². The highest BCUT2D eigenvalue weighted by Crippen LogP contribution is 2.30. The van der Waals surface area contributed by atoms with E-state index in [0.29, 0.717) is 5.69 Å². The Morgan fingerprint density at radius 2 is 2.33 bits per heavy atom. The van der Waals surface area contributed by atoms with Gasteiger partial charge in [0.1, 0.15) is 0 Å². The number of nitrogens with one attached hydrogen (secondary N) is 1. The van der Waals surface area contributed by atoms with E-state index in [1.165, 1.54) is 5.56 Å². The summed E-state index contributed by atoms with van der Waals surface area (Å²) >= 11 is 0. The zero-order chi connectivity index (χ0) is 8.55. The zero-order valence-electron chi connectivity index (χ0n) is 6.75. The molecule has 3 nitrogen and oxygen atoms in total. The molecule has 2 rings (SSSR count). The van der Waals surface area contributed by atoms with Gasteiger partial charge in [-0.25, -0.2) is 0 Å². The second-order valence-electron chi connectivity index (χ2n) is 3.17. The van der Waals surface area contributed by atoms with Gasteiger partial charge in [0.05, 0.1) is 5.69 Å². The number of benzene rings is 1. The summed E-state index contributed by atoms with van der Waals surface area (Å²) in [5.74, 6) is 0. The molecule has 1 aromatic rings. The van der Waals surface area contributed by atoms with Gasteiger partial charge >= 0.3 is 0 Å². The molecule has 64 valence electrons. The van der Waals surface area contributed by atoms with Crippen molar-refractivity contribution in [2.75, 3.05) is 5.48 Å². The number of fused-ring (bicyclic) bond motifs is 1. The number of anilines is 1. The molecule has 0 heterocycles. The Morgan fingerprint density at radius 3 is 3.08 bits per heavy atom. The van der Waals surface area contributed by atoms with Crippen molar-refractivity contribution in [3.63, 3.8) is 0 Å². The fourth-order valence-corrected chi connectivity index (χ4v) is 1.70. The minimum atomic E-state index is 0.147. The Hall–Kier alpha value is -1.06. The van der Waals surface area contributed by atoms with Crippen LogP contribution in [-0.4, -0.2) is 5.21 Å². The van der Waals surface area contributed by atoms with Gasteiger partial charge in [0.2, 0.25) is 0 Å². The van der Waals surface area contributed by atoms with Crippen LogP contribution in [0.4, 0.5) is 5.69 Å². The van der Waals surface area contributed by atoms with Crippen molar-refractivity contribution >= 4 is 5.69 Å². The van der Waals surface area contributed by atoms with Crippen molar-refractivity contribution in [3.8, 4) is 0 Å². The molecule has 0 aliphatic heterocycles. The average Bonchev–Trinajstić information content (AvgIpc) is 2.47. The topological polar surface area (TPSA) is 58.3 Å². The molecule has 1 aliphatic rings. The molecule has 1 atom stereocenters. The van der Waals surface area contributed by atoms with E-state index in [1.54, 1.807) is 0 Å². The van der Waals surface area contributed by atoms with Crippen molar-refractivity contribution in [2.24, 2.45) is 5.73 Å². The number of aryl methyl sites for hydroxylation is 1. The molecule has 0 aromatic heterocycles. The molecule has 0 bridgehead atoms. The molecule has 0 saturated heterocycles. The summed E-state index contributed by atoms with van der Waals surface area (Å²) in [6.45, 7) is 0. The van der Waals surface area contributed by atoms with E-state index in [1.807, 2.05) is 18.2 Å². The molecule has 1 unspecified atom stereocenters. The fourth-order valence-electron chi connectivity index (χ4n) is 1.70. The number of hydrogen-bond acceptors (Lipinski definition) is 3. The van der Waals surface area contributed by atoms with E-state index < -0.39 is 0 Å². The lowest BCUT2D eigenvalue weighted by Gasteiger charge is -2.06. The van der Waals surface area contributed by atoms with Gasteiger partial charge in [-0.15, -0.1) is 0 Å². The maximum atomic E-state index is 8.66. The van der Waals surface area contributed by atoms with E-state index in [-0.39, 0.29) is 6.04 Å². The molecule has 3 heteroatoms. The lowest BCUT2D eigenvalue weighted by molar-refractivity contribution is 0.389. The van der Waals surface area contributed by atoms with E-state index in [2.05, 4.69) is 5.48 Å². The standard InChI is InChI=1S/C9H12N2O/c10-9-4-2-6-1-3-7(11-12)5-8(6)9/h1,3,5,9,11-12H,2,4,10H2. The highest BCUT2D eigenvalue weighted by Gasteiger charge is 2.18. The number of rotatable bonds is 1. The Bertz CT molecular complexity index is 299. The summed E-state index contributed by atoms with van der Waals surface area (Å²) in [5.41, 5.74) is 11.2. The monoisotopic (exact) mass is 164 g/mol. The lowest BCUT2D eigenvalue weighted by Crippen LogP contribution is -2.05. The van der Waals surface area contributed by atoms with E-state index in [9.17, 15) is 0 Å². The average molecular weight is 164 g/mol. The second-order valence-corrected chi connectivity index (χ2v) is 3.17. The van der Waals surface area contributed by atoms with Gasteiger partial charge in [0, 0.05) is 6.04 Å². The van der Waals surface area contributed by atoms with Crippen molar-refractivity contribution in [1.29, 1.82) is 0 Å². The Kier molecular flexibility index (Phi) is 1.75. The van der Waals surface area contributed by atoms with Crippen LogP contribution in [0.3, 0.4) is 0 Å². The second kappa shape index (κ2) is 2.77. The molecule has 0 fully saturated rings. The smallest absolute Gasteiger partial charge is 0.0605 e. The predicted molar refractivity (Wildman–Crippen MR) is 47.1 cm³/mol. The van der Waals surface area contributed by atoms with Crippen molar-refractivity contribution in [3.05, 3.63) is 29.3 Å². The summed E-state index contributed by atoms with van der Waals surface area (Å²) in [5, 5.41) is 8.66. The van der Waals surface area contributed by atoms with Crippen molar-refractivity contribution < 1.29 is 5.21 Å². The zero-order valence-corrected chi connectivity index (χ0v) is 6.75. The first kappa shape index (κ1) is 7.58. The third-order valence-corrected chi connectivity index (χ3v) is 2.40. The van der Waals surface area contributed by atoms with Crippen LogP contribution < -0.4 is 11.2 Å². The molecule has 0 spiro atoms. The van der Waals surface area contributed by atoms with Crippen LogP contribution in [-0.2, 0) is 6.42 Å². The predicted octanol–water partition coefficient (Wildman–Crippen LogP) is 1.43. The maximum Gasteiger partial charge on any atom is 0.0605 e. The third-order valence-electron chi connectivity index (χ3n) is 2.40. The molecular formula is C9H12N2O. The summed E-state index contributed by atoms with van der Waals surface area (Å²) in [6.07, 6.45) is 2.08. The summed E-state index contributed by atoms with van der Waals surface area (Å²) in [7, 11) is 0. The van der Waals surface area contributed by atoms with E-state index >= 15 is 0 Å². The van der Waals surface area contributed by atoms with Gasteiger partial charge in [-0.2, -0.15) is 0 Å². The first-order valence-corrected chi connectivity index (χ1v) is 4.10. The molecule has 0 saturated carbocycles. The van der Waals surface area contributed by atoms with Crippen LogP contribution in [0.2, 0.25) is 0 Å². The highest BCUT2D eigenvalue weighted by atomic mass is 16.5. The van der Waals surface area contributed by atoms with Gasteiger partial charge in [0.15, 0.2) is 0 Å². The molecule has 1 aliphatic carbocycles. The Balaban J connectivity index is 2.43. The van der Waals surface area contributed by atoms with Crippen LogP contribution in [0.1, 0.15) is 23.6 Å². The molecule has 0 radical (unpaired) electrons. The third kappa shape index (κ3) is 1.07. The summed E-state index contributed by atoms with van der Waals surface area (Å²) in [4.78, 5) is 0. The molecule has 0 amide bonds. The number of hydrogen-bond donors (Lipinski definition) is 3. The van der Waals surface area contributed by atoms with Crippen LogP contribution in [0, 0.1) is 0 Å². The van der Waals surface area contributed by atoms with Gasteiger partial charge in [-0.1, -0.05) is 6.07 Å². The first-order valence-electron chi connectivity index (χ1n) is 4.10. The van der Waals surface area contributed by atoms with Crippen LogP contribution in [0.15, 0.2) is 18.2 Å². The van der Waals surface area contributed by atoms with Crippen LogP contribution in [0.25, 0.3) is 0 Å². The minimum Gasteiger partial charge on any atom is -0.324 e. The van der Waals surface area contributed by atoms with E-state index in [4.69, 9.17) is 10.9 Å². The Labute approximate surface area is 71.2 Å². The quantitative estimate of drug-likeness (QED) is 0.550. The molecular weight excluding hydrogens is 152 g/mol. The van der Waals surface area contributed by atoms with Gasteiger partial charge < -0.3 is 5.73 Å². The Morgan fingerprint density at radius 1 is 1.50 bits per heavy atom. The van der Waals surface area contributed by atoms with Gasteiger partial charge in [-0.05, 0) is 36.1 Å². The van der Waals surface area contributed by atoms with E-state index in [0.717, 1.165) is 18.4 Å². The van der Waals surface area contributed by atoms with Crippen molar-refractivity contribution in [1.82, 2.24) is 0 Å². The molecule has 12 heavy (non-hydrogen) atoms. The highest BCUT2D eigenvalue weighted by molar-refractivity contribution is 5.49. The van der Waals surface area contributed by atoms with Gasteiger partial charge in [-0.3, -0.25) is 10.7 Å². The van der Waals surface area contributed by atoms with Crippen molar-refractivity contribution in [2.45, 2.75) is 18.9 Å². The summed E-state index contributed by atoms with van der Waals surface area (Å²) < 4.78 is 0. The van der Waals surface area contributed by atoms with Crippen LogP contribution >= 0.6 is 0 Å². The lowest BCUT2D eigenvalue weighted by atomic mass is 10.1. The molecule has 4 N–H and O–H groups in total. The fraction of sp³-hybridized carbons (Fsp3) is 0.333. The number of nitrogens with two attached hydrogens (primary N) is 1. The normalized spacial score (nSPS) is 20.7. The SMILES string of the molecule is NC1CCc2ccc(NO)cc21. The van der Waals surface area contributed by atoms with Gasteiger partial charge in [0.25, 0.3) is 0 Å². The summed E-state index contributed by atoms with van der Waals surface area (Å²) in [6, 6.07) is 5.93. The largest absolute Gasteiger partial charge is 0.324 e. The minimum absolute atomic E-state index is 0.147.